The second-order valence-corrected chi connectivity index (χ2v) is 2.00. The van der Waals surface area contributed by atoms with Gasteiger partial charge in [0.05, 0.1) is 0 Å². The minimum absolute atomic E-state index is 3.12. The number of thiol groups is 1. The monoisotopic (exact) mass is 190 g/mol. The van der Waals surface area contributed by atoms with E-state index < -0.39 is 19.5 Å². The Kier molecular flexibility index (Phi) is 6.42. The Bertz CT molecular complexity index is 110. The van der Waals surface area contributed by atoms with E-state index in [0.717, 1.165) is 0 Å². The summed E-state index contributed by atoms with van der Waals surface area (Å²) in [5, 5.41) is 0. The molecule has 0 fully saturated rings. The van der Waals surface area contributed by atoms with Crippen LogP contribution in [0.4, 0.5) is 16.8 Å². The van der Waals surface area contributed by atoms with Gasteiger partial charge >= 0.3 is 25.3 Å². The van der Waals surface area contributed by atoms with Crippen LogP contribution < -0.4 is 0 Å². The molecule has 0 spiro atoms. The first-order valence-electron chi connectivity index (χ1n) is 1.32. The predicted molar refractivity (Wildman–Crippen MR) is 25.7 cm³/mol. The van der Waals surface area contributed by atoms with Gasteiger partial charge in [0.15, 0.2) is 0 Å². The van der Waals surface area contributed by atoms with Crippen LogP contribution in [0.1, 0.15) is 0 Å². The quantitative estimate of drug-likeness (QED) is 0.262. The minimum atomic E-state index is -6.61. The molecule has 0 aliphatic rings. The molecule has 0 radical (unpaired) electrons. The molecular weight excluding hydrogens is 187 g/mol. The van der Waals surface area contributed by atoms with Crippen molar-refractivity contribution in [2.24, 2.45) is 0 Å². The third-order valence-corrected chi connectivity index (χ3v) is 0. The van der Waals surface area contributed by atoms with Crippen molar-refractivity contribution in [3.63, 3.8) is 0 Å². The molecule has 0 heterocycles. The molecule has 0 amide bonds. The first kappa shape index (κ1) is 11.8. The first-order valence-corrected chi connectivity index (χ1v) is 3.96. The molecule has 60 valence electrons. The predicted octanol–water partition coefficient (Wildman–Crippen LogP) is 1.35. The molecule has 0 aromatic heterocycles. The number of halogens is 4. The normalized spacial score (nSPS) is 12.2. The molecule has 3 nitrogen and oxygen atoms in total. The Morgan fingerprint density at radius 3 is 1.11 bits per heavy atom. The molecule has 9 heteroatoms. The van der Waals surface area contributed by atoms with Gasteiger partial charge in [-0.15, -0.1) is 0 Å². The van der Waals surface area contributed by atoms with E-state index in [-0.39, 0.29) is 0 Å². The van der Waals surface area contributed by atoms with Gasteiger partial charge in [0.25, 0.3) is 11.0 Å². The van der Waals surface area contributed by atoms with E-state index >= 15 is 0 Å². The van der Waals surface area contributed by atoms with Crippen molar-refractivity contribution in [2.45, 2.75) is 0 Å². The van der Waals surface area contributed by atoms with Crippen LogP contribution >= 0.6 is 8.51 Å². The van der Waals surface area contributed by atoms with Crippen LogP contribution in [0.25, 0.3) is 0 Å². The van der Waals surface area contributed by atoms with Crippen LogP contribution in [-0.4, -0.2) is 13.0 Å². The molecule has 0 bridgehead atoms. The molecule has 1 N–H and O–H groups in total. The zero-order valence-electron chi connectivity index (χ0n) is 3.72. The van der Waals surface area contributed by atoms with E-state index in [2.05, 4.69) is 0 Å². The fraction of sp³-hybridized carbons (Fsp3) is 0. The van der Waals surface area contributed by atoms with Crippen molar-refractivity contribution in [1.29, 1.82) is 0 Å². The number of hydrogen-bond donors (Lipinski definition) is 2. The van der Waals surface area contributed by atoms with E-state index in [4.69, 9.17) is 13.0 Å². The topological polar surface area (TPSA) is 54.4 Å². The van der Waals surface area contributed by atoms with Gasteiger partial charge in [0, 0.05) is 0 Å². The average molecular weight is 190 g/mol. The Morgan fingerprint density at radius 2 is 1.11 bits per heavy atom. The van der Waals surface area contributed by atoms with Gasteiger partial charge in [-0.05, 0) is 0 Å². The largest absolute Gasteiger partial charge is 0.288 e. The molecule has 0 aliphatic heterocycles. The number of hydrogen-bond acceptors (Lipinski definition) is 2. The van der Waals surface area contributed by atoms with E-state index in [0.29, 0.717) is 0 Å². The smallest absolute Gasteiger partial charge is 0.254 e. The molecule has 0 atom stereocenters. The fourth-order valence-corrected chi connectivity index (χ4v) is 0. The fourth-order valence-electron chi connectivity index (χ4n) is 0. The minimum Gasteiger partial charge on any atom is -0.288 e. The first-order chi connectivity index (χ1) is 3.73. The maximum absolute atomic E-state index is 9.83. The summed E-state index contributed by atoms with van der Waals surface area (Å²) in [6.45, 7) is 0. The van der Waals surface area contributed by atoms with Gasteiger partial charge in [-0.2, -0.15) is 0 Å². The maximum Gasteiger partial charge on any atom is 0.254 e. The van der Waals surface area contributed by atoms with Crippen molar-refractivity contribution >= 4 is 19.5 Å². The molecule has 0 aliphatic carbocycles. The van der Waals surface area contributed by atoms with Gasteiger partial charge in [-0.25, -0.2) is 8.42 Å². The summed E-state index contributed by atoms with van der Waals surface area (Å²) in [6, 6.07) is 0. The maximum atomic E-state index is 9.83. The SMILES string of the molecule is F[PH](F)(F)F.O=[SH](=O)O. The second kappa shape index (κ2) is 4.89. The summed E-state index contributed by atoms with van der Waals surface area (Å²) in [7, 11) is -9.73. The molecular formula is H3F4O3PS. The van der Waals surface area contributed by atoms with Gasteiger partial charge in [0.2, 0.25) is 0 Å². The summed E-state index contributed by atoms with van der Waals surface area (Å²) >= 11 is 0. The van der Waals surface area contributed by atoms with Gasteiger partial charge < -0.3 is 0 Å². The van der Waals surface area contributed by atoms with E-state index in [1.165, 1.54) is 0 Å². The van der Waals surface area contributed by atoms with Crippen LogP contribution in [-0.2, 0) is 11.0 Å². The molecule has 0 unspecified atom stereocenters. The van der Waals surface area contributed by atoms with Crippen molar-refractivity contribution in [1.82, 2.24) is 0 Å². The molecule has 0 saturated carbocycles. The zero-order valence-corrected chi connectivity index (χ0v) is 5.62. The summed E-state index contributed by atoms with van der Waals surface area (Å²) in [5.41, 5.74) is 0. The molecule has 0 saturated heterocycles. The van der Waals surface area contributed by atoms with E-state index in [1.807, 2.05) is 0 Å². The van der Waals surface area contributed by atoms with Crippen molar-refractivity contribution in [3.8, 4) is 0 Å². The van der Waals surface area contributed by atoms with E-state index in [9.17, 15) is 16.8 Å². The van der Waals surface area contributed by atoms with Gasteiger partial charge in [-0.3, -0.25) is 4.55 Å². The third kappa shape index (κ3) is 82200. The van der Waals surface area contributed by atoms with Crippen molar-refractivity contribution in [3.05, 3.63) is 0 Å². The van der Waals surface area contributed by atoms with Crippen LogP contribution in [0.15, 0.2) is 0 Å². The Balaban J connectivity index is 0. The Hall–Kier alpha value is 0.0600. The van der Waals surface area contributed by atoms with Crippen LogP contribution in [0.3, 0.4) is 0 Å². The molecule has 0 aromatic rings. The molecule has 0 rings (SSSR count). The zero-order chi connectivity index (χ0) is 8.08. The summed E-state index contributed by atoms with van der Waals surface area (Å²) in [6.07, 6.45) is 0. The van der Waals surface area contributed by atoms with Gasteiger partial charge in [-0.1, -0.05) is 0 Å². The Labute approximate surface area is 50.3 Å². The molecule has 9 heavy (non-hydrogen) atoms. The summed E-state index contributed by atoms with van der Waals surface area (Å²) in [5.74, 6) is 0. The van der Waals surface area contributed by atoms with Crippen LogP contribution in [0.2, 0.25) is 0 Å². The Morgan fingerprint density at radius 1 is 1.11 bits per heavy atom. The molecule has 0 aromatic carbocycles. The van der Waals surface area contributed by atoms with Gasteiger partial charge in [0.1, 0.15) is 0 Å². The van der Waals surface area contributed by atoms with Crippen LogP contribution in [0.5, 0.6) is 0 Å². The third-order valence-electron chi connectivity index (χ3n) is 0. The van der Waals surface area contributed by atoms with Crippen molar-refractivity contribution < 1.29 is 29.8 Å². The second-order valence-electron chi connectivity index (χ2n) is 0.666. The van der Waals surface area contributed by atoms with Crippen LogP contribution in [0, 0.1) is 0 Å². The standard InChI is InChI=1S/F4HP.H2O3S/c1-5(2,3)4;1-4(2)3/h5H;4H,(H,1,2,3). The summed E-state index contributed by atoms with van der Waals surface area (Å²) < 4.78 is 63.5. The number of rotatable bonds is 0. The van der Waals surface area contributed by atoms with E-state index in [1.54, 1.807) is 0 Å². The van der Waals surface area contributed by atoms with Crippen molar-refractivity contribution in [2.75, 3.05) is 0 Å². The summed E-state index contributed by atoms with van der Waals surface area (Å²) in [4.78, 5) is 0. The average Bonchev–Trinajstić information content (AvgIpc) is 1.19.